The number of hydrogen-bond donors (Lipinski definition) is 1. The molecule has 1 aliphatic carbocycles. The van der Waals surface area contributed by atoms with Crippen molar-refractivity contribution < 1.29 is 9.59 Å². The summed E-state index contributed by atoms with van der Waals surface area (Å²) in [5.41, 5.74) is 0. The maximum Gasteiger partial charge on any atom is 0.232 e. The molecule has 126 valence electrons. The van der Waals surface area contributed by atoms with Crippen molar-refractivity contribution in [3.63, 3.8) is 0 Å². The predicted molar refractivity (Wildman–Crippen MR) is 94.8 cm³/mol. The van der Waals surface area contributed by atoms with Crippen LogP contribution in [-0.4, -0.2) is 45.8 Å². The van der Waals surface area contributed by atoms with E-state index in [4.69, 9.17) is 0 Å². The standard InChI is InChI=1S/C16H23N3O2S2/c20-14(11-23-13-3-1-2-4-13)19-8-5-12(6-9-19)15(21)18-16-17-7-10-22-16/h7,10,12-13H,1-6,8-9,11H2,(H,17,18,21). The smallest absolute Gasteiger partial charge is 0.232 e. The van der Waals surface area contributed by atoms with Crippen molar-refractivity contribution in [2.75, 3.05) is 24.2 Å². The van der Waals surface area contributed by atoms with Crippen molar-refractivity contribution in [2.45, 2.75) is 43.8 Å². The van der Waals surface area contributed by atoms with Gasteiger partial charge in [-0.25, -0.2) is 4.98 Å². The highest BCUT2D eigenvalue weighted by molar-refractivity contribution is 8.00. The number of carbonyl (C=O) groups is 2. The van der Waals surface area contributed by atoms with Gasteiger partial charge in [-0.15, -0.1) is 23.1 Å². The quantitative estimate of drug-likeness (QED) is 0.884. The van der Waals surface area contributed by atoms with Crippen LogP contribution in [-0.2, 0) is 9.59 Å². The van der Waals surface area contributed by atoms with E-state index < -0.39 is 0 Å². The molecule has 5 nitrogen and oxygen atoms in total. The van der Waals surface area contributed by atoms with Gasteiger partial charge in [-0.1, -0.05) is 12.8 Å². The van der Waals surface area contributed by atoms with Gasteiger partial charge >= 0.3 is 0 Å². The van der Waals surface area contributed by atoms with Gasteiger partial charge in [-0.2, -0.15) is 0 Å². The van der Waals surface area contributed by atoms with Crippen molar-refractivity contribution >= 4 is 40.0 Å². The van der Waals surface area contributed by atoms with E-state index in [-0.39, 0.29) is 17.7 Å². The fourth-order valence-corrected chi connectivity index (χ4v) is 4.98. The molecular formula is C16H23N3O2S2. The van der Waals surface area contributed by atoms with E-state index in [0.717, 1.165) is 12.8 Å². The highest BCUT2D eigenvalue weighted by Gasteiger charge is 2.28. The Hall–Kier alpha value is -1.08. The molecule has 2 fully saturated rings. The number of anilines is 1. The Balaban J connectivity index is 1.39. The Bertz CT molecular complexity index is 521. The summed E-state index contributed by atoms with van der Waals surface area (Å²) < 4.78 is 0. The van der Waals surface area contributed by atoms with Gasteiger partial charge in [0.1, 0.15) is 0 Å². The first-order chi connectivity index (χ1) is 11.2. The first-order valence-electron chi connectivity index (χ1n) is 8.32. The second-order valence-electron chi connectivity index (χ2n) is 6.20. The summed E-state index contributed by atoms with van der Waals surface area (Å²) in [6.45, 7) is 1.39. The van der Waals surface area contributed by atoms with Crippen molar-refractivity contribution in [1.29, 1.82) is 0 Å². The zero-order valence-corrected chi connectivity index (χ0v) is 14.8. The molecule has 0 atom stereocenters. The maximum absolute atomic E-state index is 12.3. The lowest BCUT2D eigenvalue weighted by molar-refractivity contribution is -0.132. The molecule has 3 rings (SSSR count). The minimum Gasteiger partial charge on any atom is -0.342 e. The van der Waals surface area contributed by atoms with Crippen molar-refractivity contribution in [3.8, 4) is 0 Å². The number of nitrogens with zero attached hydrogens (tertiary/aromatic N) is 2. The number of rotatable bonds is 5. The number of thioether (sulfide) groups is 1. The highest BCUT2D eigenvalue weighted by Crippen LogP contribution is 2.30. The monoisotopic (exact) mass is 353 g/mol. The Kier molecular flexibility index (Phi) is 5.94. The Labute approximate surface area is 145 Å². The van der Waals surface area contributed by atoms with Crippen molar-refractivity contribution in [1.82, 2.24) is 9.88 Å². The Morgan fingerprint density at radius 3 is 2.65 bits per heavy atom. The second-order valence-corrected chi connectivity index (χ2v) is 8.38. The molecule has 1 aromatic rings. The SMILES string of the molecule is O=C(Nc1nccs1)C1CCN(C(=O)CSC2CCCC2)CC1. The van der Waals surface area contributed by atoms with Gasteiger partial charge in [0, 0.05) is 35.8 Å². The maximum atomic E-state index is 12.3. The van der Waals surface area contributed by atoms with Crippen LogP contribution >= 0.6 is 23.1 Å². The summed E-state index contributed by atoms with van der Waals surface area (Å²) in [4.78, 5) is 30.5. The number of thiazole rings is 1. The molecular weight excluding hydrogens is 330 g/mol. The molecule has 7 heteroatoms. The third-order valence-electron chi connectivity index (χ3n) is 4.63. The number of hydrogen-bond acceptors (Lipinski definition) is 5. The van der Waals surface area contributed by atoms with Gasteiger partial charge in [-0.05, 0) is 25.7 Å². The fraction of sp³-hybridized carbons (Fsp3) is 0.688. The number of nitrogens with one attached hydrogen (secondary N) is 1. The summed E-state index contributed by atoms with van der Waals surface area (Å²) in [5, 5.41) is 6.04. The molecule has 1 N–H and O–H groups in total. The average Bonchev–Trinajstić information content (AvgIpc) is 3.26. The fourth-order valence-electron chi connectivity index (χ4n) is 3.22. The van der Waals surface area contributed by atoms with Crippen LogP contribution in [0, 0.1) is 5.92 Å². The Morgan fingerprint density at radius 1 is 1.26 bits per heavy atom. The van der Waals surface area contributed by atoms with Gasteiger partial charge in [0.25, 0.3) is 0 Å². The lowest BCUT2D eigenvalue weighted by Gasteiger charge is -2.31. The third-order valence-corrected chi connectivity index (χ3v) is 6.67. The minimum atomic E-state index is -0.00886. The van der Waals surface area contributed by atoms with Gasteiger partial charge in [0.05, 0.1) is 5.75 Å². The second kappa shape index (κ2) is 8.15. The van der Waals surface area contributed by atoms with Crippen molar-refractivity contribution in [3.05, 3.63) is 11.6 Å². The number of likely N-dealkylation sites (tertiary alicyclic amines) is 1. The van der Waals surface area contributed by atoms with Gasteiger partial charge < -0.3 is 10.2 Å². The van der Waals surface area contributed by atoms with Crippen LogP contribution in [0.4, 0.5) is 5.13 Å². The summed E-state index contributed by atoms with van der Waals surface area (Å²) in [5.74, 6) is 0.860. The topological polar surface area (TPSA) is 62.3 Å². The first-order valence-corrected chi connectivity index (χ1v) is 10.2. The van der Waals surface area contributed by atoms with Crippen LogP contribution in [0.2, 0.25) is 0 Å². The molecule has 0 unspecified atom stereocenters. The molecule has 2 heterocycles. The van der Waals surface area contributed by atoms with E-state index in [0.29, 0.717) is 29.2 Å². The van der Waals surface area contributed by atoms with Crippen LogP contribution in [0.25, 0.3) is 0 Å². The predicted octanol–water partition coefficient (Wildman–Crippen LogP) is 3.00. The van der Waals surface area contributed by atoms with Crippen LogP contribution in [0.15, 0.2) is 11.6 Å². The van der Waals surface area contributed by atoms with Crippen molar-refractivity contribution in [2.24, 2.45) is 5.92 Å². The average molecular weight is 354 g/mol. The summed E-state index contributed by atoms with van der Waals surface area (Å²) in [6, 6.07) is 0. The van der Waals surface area contributed by atoms with Crippen LogP contribution < -0.4 is 5.32 Å². The van der Waals surface area contributed by atoms with E-state index in [9.17, 15) is 9.59 Å². The molecule has 2 amide bonds. The van der Waals surface area contributed by atoms with E-state index in [1.54, 1.807) is 6.20 Å². The van der Waals surface area contributed by atoms with Crippen LogP contribution in [0.1, 0.15) is 38.5 Å². The molecule has 1 saturated carbocycles. The molecule has 0 bridgehead atoms. The third kappa shape index (κ3) is 4.70. The molecule has 2 aliphatic rings. The summed E-state index contributed by atoms with van der Waals surface area (Å²) in [6.07, 6.45) is 8.32. The number of amides is 2. The first kappa shape index (κ1) is 16.8. The highest BCUT2D eigenvalue weighted by atomic mass is 32.2. The van der Waals surface area contributed by atoms with E-state index in [2.05, 4.69) is 10.3 Å². The number of aromatic nitrogens is 1. The van der Waals surface area contributed by atoms with Gasteiger partial charge in [-0.3, -0.25) is 9.59 Å². The lowest BCUT2D eigenvalue weighted by Crippen LogP contribution is -2.42. The van der Waals surface area contributed by atoms with E-state index >= 15 is 0 Å². The molecule has 1 aliphatic heterocycles. The van der Waals surface area contributed by atoms with Crippen LogP contribution in [0.5, 0.6) is 0 Å². The molecule has 23 heavy (non-hydrogen) atoms. The lowest BCUT2D eigenvalue weighted by atomic mass is 9.96. The zero-order chi connectivity index (χ0) is 16.1. The molecule has 0 radical (unpaired) electrons. The summed E-state index contributed by atoms with van der Waals surface area (Å²) >= 11 is 3.25. The summed E-state index contributed by atoms with van der Waals surface area (Å²) in [7, 11) is 0. The molecule has 1 aromatic heterocycles. The number of carbonyl (C=O) groups excluding carboxylic acids is 2. The molecule has 0 spiro atoms. The Morgan fingerprint density at radius 2 is 2.00 bits per heavy atom. The normalized spacial score (nSPS) is 19.9. The van der Waals surface area contributed by atoms with Gasteiger partial charge in [0.15, 0.2) is 5.13 Å². The minimum absolute atomic E-state index is 0.00886. The largest absolute Gasteiger partial charge is 0.342 e. The van der Waals surface area contributed by atoms with E-state index in [1.807, 2.05) is 22.0 Å². The zero-order valence-electron chi connectivity index (χ0n) is 13.2. The number of piperidine rings is 1. The van der Waals surface area contributed by atoms with Gasteiger partial charge in [0.2, 0.25) is 11.8 Å². The molecule has 1 saturated heterocycles. The van der Waals surface area contributed by atoms with Crippen LogP contribution in [0.3, 0.4) is 0 Å². The van der Waals surface area contributed by atoms with E-state index in [1.165, 1.54) is 37.0 Å². The molecule has 0 aromatic carbocycles.